The number of hydrogen-bond donors (Lipinski definition) is 1. The molecule has 3 heterocycles. The molecule has 254 valence electrons. The maximum atomic E-state index is 14.0. The van der Waals surface area contributed by atoms with E-state index in [2.05, 4.69) is 101 Å². The Balaban J connectivity index is 1.80. The molecule has 0 spiro atoms. The van der Waals surface area contributed by atoms with Crippen molar-refractivity contribution in [1.82, 2.24) is 24.3 Å². The topological polar surface area (TPSA) is 86.6 Å². The summed E-state index contributed by atoms with van der Waals surface area (Å²) in [4.78, 5) is 42.6. The summed E-state index contributed by atoms with van der Waals surface area (Å²) < 4.78 is 1.78. The van der Waals surface area contributed by atoms with Gasteiger partial charge in [-0.2, -0.15) is 4.98 Å². The molecule has 1 N–H and O–H groups in total. The molecular weight excluding hydrogens is 603 g/mol. The number of pyridine rings is 1. The molecule has 1 saturated heterocycles. The number of aromatic nitrogens is 3. The van der Waals surface area contributed by atoms with Crippen molar-refractivity contribution in [3.05, 3.63) is 52.4 Å². The molecule has 3 aromatic rings. The van der Waals surface area contributed by atoms with Gasteiger partial charge in [0.05, 0.1) is 11.4 Å². The molecular formula is C37H55N7O2Si. The average Bonchev–Trinajstić information content (AvgIpc) is 3.03. The van der Waals surface area contributed by atoms with E-state index >= 15 is 0 Å². The van der Waals surface area contributed by atoms with Crippen molar-refractivity contribution in [3.63, 3.8) is 0 Å². The Morgan fingerprint density at radius 3 is 2.30 bits per heavy atom. The summed E-state index contributed by atoms with van der Waals surface area (Å²) in [6.07, 6.45) is 3.88. The minimum absolute atomic E-state index is 0.111. The van der Waals surface area contributed by atoms with Gasteiger partial charge in [-0.1, -0.05) is 54.4 Å². The lowest BCUT2D eigenvalue weighted by molar-refractivity contribution is -0.132. The Morgan fingerprint density at radius 1 is 1.04 bits per heavy atom. The second-order valence-electron chi connectivity index (χ2n) is 14.2. The van der Waals surface area contributed by atoms with E-state index in [1.165, 1.54) is 0 Å². The van der Waals surface area contributed by atoms with Gasteiger partial charge in [0.2, 0.25) is 11.9 Å². The second kappa shape index (κ2) is 15.5. The number of likely N-dealkylation sites (N-methyl/N-ethyl adjacent to an activating group) is 2. The first kappa shape index (κ1) is 36.2. The van der Waals surface area contributed by atoms with E-state index in [4.69, 9.17) is 9.97 Å². The number of carbonyl (C=O) groups excluding carboxylic acids is 1. The van der Waals surface area contributed by atoms with Gasteiger partial charge < -0.3 is 20.0 Å². The van der Waals surface area contributed by atoms with Crippen LogP contribution in [0.25, 0.3) is 11.0 Å². The Labute approximate surface area is 282 Å². The third-order valence-corrected chi connectivity index (χ3v) is 16.2. The average molecular weight is 658 g/mol. The van der Waals surface area contributed by atoms with Crippen molar-refractivity contribution in [2.45, 2.75) is 90.4 Å². The van der Waals surface area contributed by atoms with E-state index in [9.17, 15) is 9.59 Å². The summed E-state index contributed by atoms with van der Waals surface area (Å²) in [5.74, 6) is 4.03. The lowest BCUT2D eigenvalue weighted by Crippen LogP contribution is -2.43. The molecule has 1 aromatic carbocycles. The van der Waals surface area contributed by atoms with Gasteiger partial charge in [0.1, 0.15) is 13.7 Å². The van der Waals surface area contributed by atoms with Crippen molar-refractivity contribution in [2.24, 2.45) is 0 Å². The number of likely N-dealkylation sites (tertiary alicyclic amines) is 1. The monoisotopic (exact) mass is 657 g/mol. The fraction of sp³-hybridized carbons (Fsp3) is 0.568. The van der Waals surface area contributed by atoms with Gasteiger partial charge in [-0.25, -0.2) is 4.98 Å². The number of rotatable bonds is 11. The maximum Gasteiger partial charge on any atom is 0.253 e. The minimum Gasteiger partial charge on any atom is -0.373 e. The zero-order chi connectivity index (χ0) is 34.5. The van der Waals surface area contributed by atoms with E-state index in [1.807, 2.05) is 24.0 Å². The molecule has 1 aliphatic heterocycles. The molecule has 0 bridgehead atoms. The molecule has 9 nitrogen and oxygen atoms in total. The highest BCUT2D eigenvalue weighted by molar-refractivity contribution is 6.90. The van der Waals surface area contributed by atoms with Crippen LogP contribution >= 0.6 is 0 Å². The summed E-state index contributed by atoms with van der Waals surface area (Å²) in [6.45, 7) is 18.7. The first-order chi connectivity index (χ1) is 22.3. The molecule has 1 fully saturated rings. The van der Waals surface area contributed by atoms with Crippen molar-refractivity contribution in [1.29, 1.82) is 0 Å². The third kappa shape index (κ3) is 8.07. The van der Waals surface area contributed by atoms with Crippen LogP contribution in [0.2, 0.25) is 16.6 Å². The molecule has 0 aliphatic carbocycles. The number of nitrogens with one attached hydrogen (secondary N) is 1. The van der Waals surface area contributed by atoms with E-state index in [0.717, 1.165) is 42.7 Å². The Bertz CT molecular complexity index is 1630. The zero-order valence-electron chi connectivity index (χ0n) is 30.2. The molecule has 1 atom stereocenters. The highest BCUT2D eigenvalue weighted by Gasteiger charge is 2.41. The van der Waals surface area contributed by atoms with Gasteiger partial charge >= 0.3 is 0 Å². The van der Waals surface area contributed by atoms with Crippen molar-refractivity contribution in [3.8, 4) is 11.5 Å². The van der Waals surface area contributed by atoms with Crippen LogP contribution in [0.4, 0.5) is 17.3 Å². The first-order valence-corrected chi connectivity index (χ1v) is 19.5. The van der Waals surface area contributed by atoms with Crippen LogP contribution in [0.1, 0.15) is 79.3 Å². The smallest absolute Gasteiger partial charge is 0.253 e. The first-order valence-electron chi connectivity index (χ1n) is 17.2. The van der Waals surface area contributed by atoms with Gasteiger partial charge in [-0.3, -0.25) is 14.2 Å². The number of carbonyl (C=O) groups is 1. The summed E-state index contributed by atoms with van der Waals surface area (Å²) in [5, 5.41) is 4.12. The van der Waals surface area contributed by atoms with Crippen LogP contribution in [-0.4, -0.2) is 85.6 Å². The standard InChI is InChI=1S/C37H55N7O2Si/c1-11-34(45)43-19-12-13-32(25-43)44-35(46)23-29(18-22-47(26(2)3,27(4)5)28(6)7)33-24-38-37(40-36(33)44)39-30-14-16-31(17-15-30)42(10)21-20-41(8)9/h14-17,23-24,26-28,32H,11-13,19-21,25H2,1-10H3,(H,38,39,40)/t32-/m1/s1. The normalized spacial score (nSPS) is 15.4. The minimum atomic E-state index is -2.05. The third-order valence-electron chi connectivity index (χ3n) is 9.94. The molecule has 1 amide bonds. The quantitative estimate of drug-likeness (QED) is 0.182. The molecule has 47 heavy (non-hydrogen) atoms. The van der Waals surface area contributed by atoms with Crippen molar-refractivity contribution in [2.75, 3.05) is 57.5 Å². The molecule has 10 heteroatoms. The van der Waals surface area contributed by atoms with Crippen LogP contribution in [0.5, 0.6) is 0 Å². The Hall–Kier alpha value is -3.68. The molecule has 0 unspecified atom stereocenters. The number of piperidine rings is 1. The van der Waals surface area contributed by atoms with Gasteiger partial charge in [0.15, 0.2) is 0 Å². The zero-order valence-corrected chi connectivity index (χ0v) is 31.2. The van der Waals surface area contributed by atoms with Gasteiger partial charge in [-0.05, 0) is 67.8 Å². The fourth-order valence-electron chi connectivity index (χ4n) is 7.27. The highest BCUT2D eigenvalue weighted by atomic mass is 28.3. The SMILES string of the molecule is CCC(=O)N1CCC[C@@H](n2c(=O)cc(C#C[Si](C(C)C)(C(C)C)C(C)C)c3cnc(Nc4ccc(N(C)CCN(C)C)cc4)nc32)C1. The lowest BCUT2D eigenvalue weighted by atomic mass is 10.0. The number of benzene rings is 1. The number of fused-ring (bicyclic) bond motifs is 1. The van der Waals surface area contributed by atoms with Crippen LogP contribution in [-0.2, 0) is 4.79 Å². The molecule has 4 rings (SSSR count). The Kier molecular flexibility index (Phi) is 11.9. The van der Waals surface area contributed by atoms with E-state index in [0.29, 0.717) is 53.3 Å². The van der Waals surface area contributed by atoms with Crippen LogP contribution in [0.15, 0.2) is 41.3 Å². The van der Waals surface area contributed by atoms with E-state index in [1.54, 1.807) is 16.8 Å². The summed E-state index contributed by atoms with van der Waals surface area (Å²) in [7, 11) is 4.20. The second-order valence-corrected chi connectivity index (χ2v) is 19.8. The number of amides is 1. The molecule has 0 radical (unpaired) electrons. The van der Waals surface area contributed by atoms with Gasteiger partial charge in [0.25, 0.3) is 5.56 Å². The Morgan fingerprint density at radius 2 is 1.70 bits per heavy atom. The van der Waals surface area contributed by atoms with Gasteiger partial charge in [0, 0.05) is 68.8 Å². The van der Waals surface area contributed by atoms with E-state index in [-0.39, 0.29) is 17.5 Å². The summed E-state index contributed by atoms with van der Waals surface area (Å²) >= 11 is 0. The molecule has 1 aliphatic rings. The van der Waals surface area contributed by atoms with Gasteiger partial charge in [-0.15, -0.1) is 5.54 Å². The van der Waals surface area contributed by atoms with Crippen LogP contribution in [0.3, 0.4) is 0 Å². The van der Waals surface area contributed by atoms with Crippen molar-refractivity contribution < 1.29 is 4.79 Å². The maximum absolute atomic E-state index is 14.0. The van der Waals surface area contributed by atoms with Crippen molar-refractivity contribution >= 4 is 42.3 Å². The van der Waals surface area contributed by atoms with Crippen LogP contribution in [0, 0.1) is 11.5 Å². The lowest BCUT2D eigenvalue weighted by Gasteiger charge is -2.38. The van der Waals surface area contributed by atoms with E-state index < -0.39 is 8.07 Å². The van der Waals surface area contributed by atoms with Crippen LogP contribution < -0.4 is 15.8 Å². The molecule has 2 aromatic heterocycles. The molecule has 0 saturated carbocycles. The highest BCUT2D eigenvalue weighted by Crippen LogP contribution is 2.41. The number of nitrogens with zero attached hydrogens (tertiary/aromatic N) is 6. The predicted molar refractivity (Wildman–Crippen MR) is 198 cm³/mol. The number of anilines is 3. The summed E-state index contributed by atoms with van der Waals surface area (Å²) in [5.41, 5.74) is 8.27. The number of hydrogen-bond acceptors (Lipinski definition) is 7. The largest absolute Gasteiger partial charge is 0.373 e. The predicted octanol–water partition coefficient (Wildman–Crippen LogP) is 6.68. The summed E-state index contributed by atoms with van der Waals surface area (Å²) in [6, 6.07) is 9.70. The fourth-order valence-corrected chi connectivity index (χ4v) is 12.5.